The van der Waals surface area contributed by atoms with Crippen molar-refractivity contribution < 1.29 is 37.3 Å². The van der Waals surface area contributed by atoms with Crippen LogP contribution >= 0.6 is 0 Å². The lowest BCUT2D eigenvalue weighted by Gasteiger charge is -2.20. The molecule has 1 heterocycles. The van der Waals surface area contributed by atoms with Crippen LogP contribution in [0.5, 0.6) is 17.2 Å². The predicted octanol–water partition coefficient (Wildman–Crippen LogP) is 6.32. The van der Waals surface area contributed by atoms with Crippen molar-refractivity contribution in [2.45, 2.75) is 43.9 Å². The maximum absolute atomic E-state index is 13.9. The lowest BCUT2D eigenvalue weighted by molar-refractivity contribution is -0.138. The fourth-order valence-electron chi connectivity index (χ4n) is 5.19. The summed E-state index contributed by atoms with van der Waals surface area (Å²) in [6.07, 6.45) is -3.69. The Morgan fingerprint density at radius 3 is 2.64 bits per heavy atom. The van der Waals surface area contributed by atoms with E-state index in [1.54, 1.807) is 36.4 Å². The zero-order chi connectivity index (χ0) is 25.4. The molecule has 0 saturated carbocycles. The highest BCUT2D eigenvalue weighted by Crippen LogP contribution is 2.44. The van der Waals surface area contributed by atoms with Crippen LogP contribution in [0.2, 0.25) is 0 Å². The van der Waals surface area contributed by atoms with Gasteiger partial charge in [-0.3, -0.25) is 4.79 Å². The molecule has 188 valence electrons. The van der Waals surface area contributed by atoms with Gasteiger partial charge in [-0.25, -0.2) is 0 Å². The summed E-state index contributed by atoms with van der Waals surface area (Å²) in [4.78, 5) is 11.1. The Kier molecular flexibility index (Phi) is 6.28. The maximum Gasteiger partial charge on any atom is 0.416 e. The molecule has 2 atom stereocenters. The zero-order valence-electron chi connectivity index (χ0n) is 19.6. The maximum atomic E-state index is 13.9. The van der Waals surface area contributed by atoms with E-state index in [-0.39, 0.29) is 30.4 Å². The van der Waals surface area contributed by atoms with Crippen LogP contribution in [0.15, 0.2) is 54.6 Å². The van der Waals surface area contributed by atoms with Gasteiger partial charge >= 0.3 is 12.1 Å². The molecule has 2 unspecified atom stereocenters. The van der Waals surface area contributed by atoms with Gasteiger partial charge in [0, 0.05) is 17.5 Å². The van der Waals surface area contributed by atoms with Gasteiger partial charge in [0.15, 0.2) is 0 Å². The highest BCUT2D eigenvalue weighted by atomic mass is 19.4. The predicted molar refractivity (Wildman–Crippen MR) is 126 cm³/mol. The fraction of sp³-hybridized carbons (Fsp3) is 0.321. The Hall–Kier alpha value is -3.68. The van der Waals surface area contributed by atoms with Gasteiger partial charge in [0.25, 0.3) is 0 Å². The molecule has 1 N–H and O–H groups in total. The first-order chi connectivity index (χ1) is 17.2. The van der Waals surface area contributed by atoms with Gasteiger partial charge in [-0.15, -0.1) is 0 Å². The first kappa shape index (κ1) is 24.0. The molecule has 5 nitrogen and oxygen atoms in total. The number of carbonyl (C=O) groups is 1. The lowest BCUT2D eigenvalue weighted by Crippen LogP contribution is -2.13. The smallest absolute Gasteiger partial charge is 0.416 e. The van der Waals surface area contributed by atoms with Crippen LogP contribution in [0.1, 0.15) is 58.2 Å². The van der Waals surface area contributed by atoms with Crippen LogP contribution < -0.4 is 14.2 Å². The number of benzene rings is 3. The average molecular weight is 498 g/mol. The standard InChI is InChI=1S/C28H25F3O5/c1-34-18-4-2-3-16(11-18)12-23-21-8-10-25(22(21)7-9-24(23)28(29,30)31)36-19-5-6-20-17(13-27(32)33)15-35-26(20)14-19/h2-7,9,11,14,17,25H,8,10,12-13,15H2,1H3,(H,32,33). The van der Waals surface area contributed by atoms with Gasteiger partial charge < -0.3 is 19.3 Å². The molecule has 0 fully saturated rings. The van der Waals surface area contributed by atoms with E-state index < -0.39 is 17.7 Å². The number of alkyl halides is 3. The number of rotatable bonds is 7. The Balaban J connectivity index is 1.43. The topological polar surface area (TPSA) is 65.0 Å². The van der Waals surface area contributed by atoms with Crippen molar-refractivity contribution in [1.82, 2.24) is 0 Å². The molecule has 3 aromatic rings. The minimum atomic E-state index is -4.47. The third-order valence-corrected chi connectivity index (χ3v) is 6.86. The molecular weight excluding hydrogens is 473 g/mol. The second kappa shape index (κ2) is 9.41. The highest BCUT2D eigenvalue weighted by molar-refractivity contribution is 5.68. The molecule has 1 aliphatic carbocycles. The average Bonchev–Trinajstić information content (AvgIpc) is 3.42. The van der Waals surface area contributed by atoms with E-state index in [1.165, 1.54) is 13.2 Å². The monoisotopic (exact) mass is 498 g/mol. The Labute approximate surface area is 206 Å². The quantitative estimate of drug-likeness (QED) is 0.413. The van der Waals surface area contributed by atoms with Crippen molar-refractivity contribution in [3.63, 3.8) is 0 Å². The first-order valence-electron chi connectivity index (χ1n) is 11.7. The number of methoxy groups -OCH3 is 1. The molecule has 5 rings (SSSR count). The molecule has 2 aliphatic rings. The number of hydrogen-bond acceptors (Lipinski definition) is 4. The molecule has 3 aromatic carbocycles. The Morgan fingerprint density at radius 1 is 1.08 bits per heavy atom. The molecule has 0 saturated heterocycles. The van der Waals surface area contributed by atoms with E-state index in [4.69, 9.17) is 19.3 Å². The van der Waals surface area contributed by atoms with E-state index in [1.807, 2.05) is 6.07 Å². The van der Waals surface area contributed by atoms with Crippen LogP contribution in [0.3, 0.4) is 0 Å². The van der Waals surface area contributed by atoms with Crippen LogP contribution in [0.4, 0.5) is 13.2 Å². The Morgan fingerprint density at radius 2 is 1.89 bits per heavy atom. The van der Waals surface area contributed by atoms with Crippen molar-refractivity contribution >= 4 is 5.97 Å². The van der Waals surface area contributed by atoms with E-state index in [9.17, 15) is 18.0 Å². The number of hydrogen-bond donors (Lipinski definition) is 1. The lowest BCUT2D eigenvalue weighted by atomic mass is 9.91. The molecule has 0 bridgehead atoms. The molecule has 1 aliphatic heterocycles. The minimum Gasteiger partial charge on any atom is -0.497 e. The van der Waals surface area contributed by atoms with Gasteiger partial charge in [0.2, 0.25) is 0 Å². The van der Waals surface area contributed by atoms with Gasteiger partial charge in [-0.1, -0.05) is 24.3 Å². The van der Waals surface area contributed by atoms with Crippen LogP contribution in [0.25, 0.3) is 0 Å². The molecule has 8 heteroatoms. The fourth-order valence-corrected chi connectivity index (χ4v) is 5.19. The number of carboxylic acid groups (broad SMARTS) is 1. The first-order valence-corrected chi connectivity index (χ1v) is 11.7. The van der Waals surface area contributed by atoms with Crippen molar-refractivity contribution in [2.75, 3.05) is 13.7 Å². The SMILES string of the molecule is COc1cccc(Cc2c(C(F)(F)F)ccc3c2CCC3Oc2ccc3c(c2)OCC3CC(=O)O)c1. The normalized spacial score (nSPS) is 18.3. The highest BCUT2D eigenvalue weighted by Gasteiger charge is 2.37. The molecule has 36 heavy (non-hydrogen) atoms. The second-order valence-electron chi connectivity index (χ2n) is 9.14. The van der Waals surface area contributed by atoms with E-state index in [0.29, 0.717) is 42.3 Å². The van der Waals surface area contributed by atoms with Gasteiger partial charge in [-0.05, 0) is 65.8 Å². The third kappa shape index (κ3) is 4.72. The summed E-state index contributed by atoms with van der Waals surface area (Å²) in [6.45, 7) is 0.297. The minimum absolute atomic E-state index is 0.0131. The molecule has 0 spiro atoms. The van der Waals surface area contributed by atoms with Crippen LogP contribution in [-0.2, 0) is 23.8 Å². The summed E-state index contributed by atoms with van der Waals surface area (Å²) >= 11 is 0. The zero-order valence-corrected chi connectivity index (χ0v) is 19.6. The van der Waals surface area contributed by atoms with Crippen LogP contribution in [-0.4, -0.2) is 24.8 Å². The summed E-state index contributed by atoms with van der Waals surface area (Å²) in [7, 11) is 1.53. The van der Waals surface area contributed by atoms with Crippen LogP contribution in [0, 0.1) is 0 Å². The van der Waals surface area contributed by atoms with Crippen molar-refractivity contribution in [3.05, 3.63) is 88.0 Å². The van der Waals surface area contributed by atoms with E-state index in [0.717, 1.165) is 22.8 Å². The van der Waals surface area contributed by atoms with E-state index in [2.05, 4.69) is 0 Å². The molecular formula is C28H25F3O5. The van der Waals surface area contributed by atoms with E-state index >= 15 is 0 Å². The van der Waals surface area contributed by atoms with Crippen molar-refractivity contribution in [1.29, 1.82) is 0 Å². The Bertz CT molecular complexity index is 1300. The number of fused-ring (bicyclic) bond motifs is 2. The number of halogens is 3. The number of carboxylic acids is 1. The van der Waals surface area contributed by atoms with Crippen molar-refractivity contribution in [2.24, 2.45) is 0 Å². The third-order valence-electron chi connectivity index (χ3n) is 6.86. The molecule has 0 radical (unpaired) electrons. The van der Waals surface area contributed by atoms with Crippen molar-refractivity contribution in [3.8, 4) is 17.2 Å². The largest absolute Gasteiger partial charge is 0.497 e. The summed E-state index contributed by atoms with van der Waals surface area (Å²) < 4.78 is 58.9. The second-order valence-corrected chi connectivity index (χ2v) is 9.14. The summed E-state index contributed by atoms with van der Waals surface area (Å²) in [5, 5.41) is 9.09. The van der Waals surface area contributed by atoms with Gasteiger partial charge in [0.05, 0.1) is 25.7 Å². The molecule has 0 amide bonds. The summed E-state index contributed by atoms with van der Waals surface area (Å²) in [5.74, 6) is 0.625. The van der Waals surface area contributed by atoms with Gasteiger partial charge in [-0.2, -0.15) is 13.2 Å². The van der Waals surface area contributed by atoms with Gasteiger partial charge in [0.1, 0.15) is 23.4 Å². The molecule has 0 aromatic heterocycles. The summed E-state index contributed by atoms with van der Waals surface area (Å²) in [5.41, 5.74) is 2.65. The summed E-state index contributed by atoms with van der Waals surface area (Å²) in [6, 6.07) is 15.1. The number of aliphatic carboxylic acids is 1. The number of ether oxygens (including phenoxy) is 3.